The minimum Gasteiger partial charge on any atom is -0.748 e. The molecule has 1 atom stereocenters. The molecule has 0 aromatic heterocycles. The standard InChI is InChI=1S/C53H61N3O19S4.3Na/c1-52(22-10-17-51(59)75-56-49(57)20-21-50(56)58)43-32-40(79(69,70)71)18-19-44(43)54(25-11-29-76(60,61)62)48(52)16-9-5-8-15-38-31-46(37-13-6-4-7-14-37)74-47-34-45-41(33-42(38)47)39(36-78(66,67)68)35-53(23-27-72-2,24-28-73-3)55(45)26-12-30-77(63,64)65;;;/h4-9,13-16,18-19,31-35H,10-12,17,20-30,36H2,1-3H3,(H3-,60,61,62,63,64,65,66,67,68,69,70,71);;;/q;3*+1/p-2. The minimum absolute atomic E-state index is 0. The molecule has 3 aromatic carbocycles. The third-order valence-electron chi connectivity index (χ3n) is 14.0. The van der Waals surface area contributed by atoms with E-state index in [0.29, 0.717) is 61.5 Å². The fourth-order valence-electron chi connectivity index (χ4n) is 10.3. The number of anilines is 1. The van der Waals surface area contributed by atoms with E-state index in [9.17, 15) is 66.3 Å². The first-order valence-electron chi connectivity index (χ1n) is 25.0. The van der Waals surface area contributed by atoms with Crippen molar-refractivity contribution in [2.24, 2.45) is 0 Å². The van der Waals surface area contributed by atoms with Gasteiger partial charge in [-0.15, -0.1) is 5.06 Å². The Kier molecular flexibility index (Phi) is 26.0. The van der Waals surface area contributed by atoms with Gasteiger partial charge in [0.05, 0.1) is 36.1 Å². The zero-order valence-electron chi connectivity index (χ0n) is 46.4. The zero-order chi connectivity index (χ0) is 57.6. The first-order valence-corrected chi connectivity index (χ1v) is 31.1. The van der Waals surface area contributed by atoms with E-state index in [2.05, 4.69) is 0 Å². The van der Waals surface area contributed by atoms with Gasteiger partial charge >= 0.3 is 94.6 Å². The van der Waals surface area contributed by atoms with Crippen LogP contribution >= 0.6 is 0 Å². The molecule has 426 valence electrons. The molecule has 0 spiro atoms. The van der Waals surface area contributed by atoms with E-state index >= 15 is 0 Å². The second kappa shape index (κ2) is 29.9. The van der Waals surface area contributed by atoms with Gasteiger partial charge in [-0.2, -0.15) is 13.0 Å². The third kappa shape index (κ3) is 18.2. The molecule has 82 heavy (non-hydrogen) atoms. The molecular formula is C53H59N3Na3O19S4+. The number of fused-ring (bicyclic) bond motifs is 3. The van der Waals surface area contributed by atoms with Crippen LogP contribution in [0.15, 0.2) is 108 Å². The smallest absolute Gasteiger partial charge is 0.748 e. The van der Waals surface area contributed by atoms with Gasteiger partial charge in [-0.1, -0.05) is 60.7 Å². The summed E-state index contributed by atoms with van der Waals surface area (Å²) in [5.74, 6) is -3.74. The molecule has 0 saturated carbocycles. The van der Waals surface area contributed by atoms with Gasteiger partial charge in [0, 0.05) is 117 Å². The number of benzene rings is 3. The molecule has 22 nitrogen and oxygen atoms in total. The van der Waals surface area contributed by atoms with E-state index in [1.54, 1.807) is 66.2 Å². The van der Waals surface area contributed by atoms with Crippen molar-refractivity contribution in [1.82, 2.24) is 5.06 Å². The summed E-state index contributed by atoms with van der Waals surface area (Å²) in [6.45, 7) is 2.04. The van der Waals surface area contributed by atoms with Crippen LogP contribution in [0.4, 0.5) is 11.4 Å². The molecule has 29 heteroatoms. The molecule has 4 aliphatic rings. The number of amides is 2. The average Bonchev–Trinajstić information content (AvgIpc) is 4.02. The first-order chi connectivity index (χ1) is 37.1. The zero-order valence-corrected chi connectivity index (χ0v) is 55.7. The topological polar surface area (TPSA) is 324 Å². The molecule has 1 unspecified atom stereocenters. The Hall–Kier alpha value is -3.20. The largest absolute Gasteiger partial charge is 1.00 e. The van der Waals surface area contributed by atoms with Crippen LogP contribution in [-0.4, -0.2) is 148 Å². The molecule has 0 bridgehead atoms. The summed E-state index contributed by atoms with van der Waals surface area (Å²) in [5.41, 5.74) is 1.64. The Labute approximate surface area is 544 Å². The summed E-state index contributed by atoms with van der Waals surface area (Å²) >= 11 is 0. The van der Waals surface area contributed by atoms with Crippen molar-refractivity contribution in [3.05, 3.63) is 125 Å². The number of hydroxylamine groups is 2. The van der Waals surface area contributed by atoms with E-state index in [1.165, 1.54) is 26.4 Å². The van der Waals surface area contributed by atoms with Gasteiger partial charge in [0.2, 0.25) is 5.69 Å². The quantitative estimate of drug-likeness (QED) is 0.0264. The second-order valence-corrected chi connectivity index (χ2v) is 25.4. The Balaban J connectivity index is 0.00000482. The van der Waals surface area contributed by atoms with E-state index in [0.717, 1.165) is 6.07 Å². The van der Waals surface area contributed by atoms with Crippen molar-refractivity contribution >= 4 is 92.2 Å². The predicted molar refractivity (Wildman–Crippen MR) is 286 cm³/mol. The van der Waals surface area contributed by atoms with Gasteiger partial charge < -0.3 is 37.6 Å². The van der Waals surface area contributed by atoms with Crippen LogP contribution in [0, 0.1) is 0 Å². The summed E-state index contributed by atoms with van der Waals surface area (Å²) in [5, 5.41) is 0.419. The van der Waals surface area contributed by atoms with Crippen LogP contribution in [0.1, 0.15) is 87.0 Å². The fraction of sp³-hybridized carbons (Fsp3) is 0.396. The van der Waals surface area contributed by atoms with Crippen LogP contribution in [0.5, 0.6) is 5.75 Å². The van der Waals surface area contributed by atoms with Crippen molar-refractivity contribution in [1.29, 1.82) is 0 Å². The molecule has 0 aliphatic carbocycles. The Morgan fingerprint density at radius 3 is 2.02 bits per heavy atom. The van der Waals surface area contributed by atoms with Gasteiger partial charge in [0.25, 0.3) is 21.9 Å². The number of allylic oxidation sites excluding steroid dienone is 7. The first kappa shape index (κ1) is 71.3. The SMILES string of the molecule is COCCC1(CCOC)C=C(CS(=O)(=O)O)c2cc3c(cc2N1CCCS(=O)(=O)[O-])OC(c1ccccc1)=CC3=CC=CC=CC1=[N+](CCCS(=O)(=O)[O-])c2ccc(S(=O)(=O)[O-])cc2C1(C)CCCC(=O)ON1C(=O)CCC1=O.[Na+].[Na+].[Na+]. The Morgan fingerprint density at radius 1 is 0.793 bits per heavy atom. The summed E-state index contributed by atoms with van der Waals surface area (Å²) in [6.07, 6.45) is 11.7. The van der Waals surface area contributed by atoms with E-state index < -0.39 is 91.4 Å². The second-order valence-electron chi connectivity index (χ2n) is 19.5. The number of carbonyl (C=O) groups is 3. The average molecular weight is 1240 g/mol. The normalized spacial score (nSPS) is 18.3. The van der Waals surface area contributed by atoms with Crippen molar-refractivity contribution in [2.75, 3.05) is 62.7 Å². The number of imide groups is 1. The summed E-state index contributed by atoms with van der Waals surface area (Å²) in [4.78, 5) is 43.6. The van der Waals surface area contributed by atoms with Crippen molar-refractivity contribution in [3.8, 4) is 5.75 Å². The van der Waals surface area contributed by atoms with Crippen molar-refractivity contribution in [3.63, 3.8) is 0 Å². The number of ether oxygens (including phenoxy) is 3. The molecule has 1 N–H and O–H groups in total. The van der Waals surface area contributed by atoms with Gasteiger partial charge in [0.15, 0.2) is 5.71 Å². The summed E-state index contributed by atoms with van der Waals surface area (Å²) in [6, 6.07) is 16.2. The van der Waals surface area contributed by atoms with E-state index in [4.69, 9.17) is 19.0 Å². The molecule has 1 saturated heterocycles. The molecule has 0 radical (unpaired) electrons. The van der Waals surface area contributed by atoms with Crippen LogP contribution < -0.4 is 98.3 Å². The van der Waals surface area contributed by atoms with E-state index in [-0.39, 0.29) is 178 Å². The molecule has 1 fully saturated rings. The van der Waals surface area contributed by atoms with Crippen LogP contribution in [-0.2, 0) is 74.6 Å². The minimum atomic E-state index is -5.00. The van der Waals surface area contributed by atoms with Gasteiger partial charge in [0.1, 0.15) is 33.9 Å². The van der Waals surface area contributed by atoms with E-state index in [1.807, 2.05) is 35.2 Å². The number of carbonyl (C=O) groups excluding carboxylic acids is 3. The van der Waals surface area contributed by atoms with Crippen LogP contribution in [0.2, 0.25) is 0 Å². The fourth-order valence-corrected chi connectivity index (χ4v) is 12.4. The van der Waals surface area contributed by atoms with Gasteiger partial charge in [-0.3, -0.25) is 14.1 Å². The number of nitrogens with zero attached hydrogens (tertiary/aromatic N) is 3. The van der Waals surface area contributed by atoms with Gasteiger partial charge in [-0.05, 0) is 74.4 Å². The Bertz CT molecular complexity index is 3530. The summed E-state index contributed by atoms with van der Waals surface area (Å²) < 4.78 is 163. The third-order valence-corrected chi connectivity index (χ3v) is 17.1. The molecular weight excluding hydrogens is 1180 g/mol. The number of hydrogen-bond acceptors (Lipinski definition) is 19. The molecule has 7 rings (SSSR count). The molecule has 4 aliphatic heterocycles. The summed E-state index contributed by atoms with van der Waals surface area (Å²) in [7, 11) is -16.0. The molecule has 2 amide bonds. The molecule has 3 aromatic rings. The predicted octanol–water partition coefficient (Wildman–Crippen LogP) is -3.86. The number of hydrogen-bond donors (Lipinski definition) is 1. The molecule has 4 heterocycles. The maximum absolute atomic E-state index is 12.9. The van der Waals surface area contributed by atoms with Crippen LogP contribution in [0.3, 0.4) is 0 Å². The van der Waals surface area contributed by atoms with Crippen molar-refractivity contribution in [2.45, 2.75) is 80.6 Å². The van der Waals surface area contributed by atoms with Gasteiger partial charge in [-0.25, -0.2) is 30.0 Å². The van der Waals surface area contributed by atoms with Crippen LogP contribution in [0.25, 0.3) is 16.9 Å². The number of methoxy groups -OCH3 is 2. The Morgan fingerprint density at radius 2 is 1.43 bits per heavy atom. The number of rotatable bonds is 26. The van der Waals surface area contributed by atoms with Crippen molar-refractivity contribution < 1.29 is 179 Å². The maximum Gasteiger partial charge on any atom is 1.00 e. The monoisotopic (exact) mass is 1240 g/mol. The maximum atomic E-state index is 12.9.